The Morgan fingerprint density at radius 1 is 1.44 bits per heavy atom. The van der Waals surface area contributed by atoms with Crippen molar-refractivity contribution in [3.8, 4) is 0 Å². The number of hydrogen-bond donors (Lipinski definition) is 2. The fraction of sp³-hybridized carbons (Fsp3) is 0. The van der Waals surface area contributed by atoms with E-state index >= 15 is 0 Å². The highest BCUT2D eigenvalue weighted by atomic mass is 35.5. The Labute approximate surface area is 94.3 Å². The molecule has 0 heterocycles. The minimum absolute atomic E-state index is 0.0675. The molecule has 1 aromatic rings. The predicted molar refractivity (Wildman–Crippen MR) is 55.9 cm³/mol. The van der Waals surface area contributed by atoms with Crippen LogP contribution < -0.4 is 11.1 Å². The van der Waals surface area contributed by atoms with Gasteiger partial charge in [-0.25, -0.2) is 0 Å². The Bertz CT molecular complexity index is 474. The first kappa shape index (κ1) is 11.9. The maximum absolute atomic E-state index is 10.9. The molecule has 7 nitrogen and oxygen atoms in total. The van der Waals surface area contributed by atoms with Crippen molar-refractivity contribution < 1.29 is 14.5 Å². The third-order valence-corrected chi connectivity index (χ3v) is 1.94. The third-order valence-electron chi connectivity index (χ3n) is 1.62. The average molecular weight is 244 g/mol. The van der Waals surface area contributed by atoms with E-state index < -0.39 is 16.7 Å². The molecule has 0 fully saturated rings. The molecule has 0 aromatic heterocycles. The van der Waals surface area contributed by atoms with Crippen molar-refractivity contribution in [1.29, 1.82) is 0 Å². The van der Waals surface area contributed by atoms with Crippen molar-refractivity contribution in [3.05, 3.63) is 33.3 Å². The van der Waals surface area contributed by atoms with Gasteiger partial charge in [-0.05, 0) is 12.1 Å². The number of amides is 2. The number of nitro benzene ring substituents is 1. The standard InChI is InChI=1S/C8H6ClN3O4/c9-5-2-1-4(3-6(5)12(15)16)11-8(14)7(10)13/h1-3H,(H2,10,13)(H,11,14). The van der Waals surface area contributed by atoms with Crippen LogP contribution in [0.25, 0.3) is 0 Å². The molecule has 0 atom stereocenters. The quantitative estimate of drug-likeness (QED) is 0.451. The van der Waals surface area contributed by atoms with Gasteiger partial charge in [-0.15, -0.1) is 0 Å². The van der Waals surface area contributed by atoms with E-state index in [4.69, 9.17) is 17.3 Å². The molecule has 2 amide bonds. The van der Waals surface area contributed by atoms with Crippen LogP contribution in [0.15, 0.2) is 18.2 Å². The molecule has 84 valence electrons. The zero-order valence-electron chi connectivity index (χ0n) is 7.77. The van der Waals surface area contributed by atoms with E-state index in [0.717, 1.165) is 6.07 Å². The van der Waals surface area contributed by atoms with Crippen LogP contribution in [0.5, 0.6) is 0 Å². The van der Waals surface area contributed by atoms with Gasteiger partial charge >= 0.3 is 11.8 Å². The summed E-state index contributed by atoms with van der Waals surface area (Å²) in [5.74, 6) is -2.24. The lowest BCUT2D eigenvalue weighted by molar-refractivity contribution is -0.384. The highest BCUT2D eigenvalue weighted by molar-refractivity contribution is 6.39. The summed E-state index contributed by atoms with van der Waals surface area (Å²) in [6, 6.07) is 3.58. The second-order valence-electron chi connectivity index (χ2n) is 2.74. The van der Waals surface area contributed by atoms with Gasteiger partial charge in [0.2, 0.25) is 0 Å². The zero-order valence-corrected chi connectivity index (χ0v) is 8.52. The lowest BCUT2D eigenvalue weighted by Crippen LogP contribution is -2.29. The van der Waals surface area contributed by atoms with Crippen LogP contribution in [0.3, 0.4) is 0 Å². The number of carbonyl (C=O) groups is 2. The number of nitro groups is 1. The maximum Gasteiger partial charge on any atom is 0.313 e. The van der Waals surface area contributed by atoms with Crippen molar-refractivity contribution in [2.75, 3.05) is 5.32 Å². The molecular weight excluding hydrogens is 238 g/mol. The summed E-state index contributed by atoms with van der Waals surface area (Å²) < 4.78 is 0. The van der Waals surface area contributed by atoms with Crippen LogP contribution in [0.1, 0.15) is 0 Å². The normalized spacial score (nSPS) is 9.56. The summed E-state index contributed by atoms with van der Waals surface area (Å²) in [5, 5.41) is 12.5. The molecule has 8 heteroatoms. The van der Waals surface area contributed by atoms with E-state index in [1.807, 2.05) is 0 Å². The van der Waals surface area contributed by atoms with Gasteiger partial charge in [-0.3, -0.25) is 19.7 Å². The predicted octanol–water partition coefficient (Wildman–Crippen LogP) is 0.672. The van der Waals surface area contributed by atoms with E-state index in [9.17, 15) is 19.7 Å². The van der Waals surface area contributed by atoms with Gasteiger partial charge in [0.15, 0.2) is 0 Å². The Balaban J connectivity index is 3.00. The zero-order chi connectivity index (χ0) is 12.3. The molecule has 0 saturated heterocycles. The van der Waals surface area contributed by atoms with Crippen molar-refractivity contribution in [2.45, 2.75) is 0 Å². The maximum atomic E-state index is 10.9. The number of nitrogens with zero attached hydrogens (tertiary/aromatic N) is 1. The van der Waals surface area contributed by atoms with Crippen LogP contribution in [-0.4, -0.2) is 16.7 Å². The number of halogens is 1. The molecule has 3 N–H and O–H groups in total. The number of nitrogens with two attached hydrogens (primary N) is 1. The molecule has 0 aliphatic carbocycles. The first-order valence-electron chi connectivity index (χ1n) is 3.96. The second kappa shape index (κ2) is 4.58. The van der Waals surface area contributed by atoms with Crippen LogP contribution in [-0.2, 0) is 9.59 Å². The van der Waals surface area contributed by atoms with Gasteiger partial charge in [0.05, 0.1) is 4.92 Å². The molecule has 1 rings (SSSR count). The number of rotatable bonds is 2. The van der Waals surface area contributed by atoms with Gasteiger partial charge in [0, 0.05) is 11.8 Å². The molecule has 16 heavy (non-hydrogen) atoms. The Morgan fingerprint density at radius 2 is 2.06 bits per heavy atom. The Morgan fingerprint density at radius 3 is 2.56 bits per heavy atom. The molecule has 0 aliphatic rings. The summed E-state index contributed by atoms with van der Waals surface area (Å²) in [5.41, 5.74) is 4.40. The second-order valence-corrected chi connectivity index (χ2v) is 3.15. The number of primary amides is 1. The summed E-state index contributed by atoms with van der Waals surface area (Å²) >= 11 is 5.54. The summed E-state index contributed by atoms with van der Waals surface area (Å²) in [6.45, 7) is 0. The number of carbonyl (C=O) groups excluding carboxylic acids is 2. The van der Waals surface area contributed by atoms with E-state index in [1.54, 1.807) is 0 Å². The highest BCUT2D eigenvalue weighted by Crippen LogP contribution is 2.27. The number of benzene rings is 1. The molecule has 0 saturated carbocycles. The summed E-state index contributed by atoms with van der Waals surface area (Å²) in [7, 11) is 0. The molecule has 0 unspecified atom stereocenters. The number of hydrogen-bond acceptors (Lipinski definition) is 4. The largest absolute Gasteiger partial charge is 0.361 e. The van der Waals surface area contributed by atoms with Gasteiger partial charge < -0.3 is 11.1 Å². The SMILES string of the molecule is NC(=O)C(=O)Nc1ccc(Cl)c([N+](=O)[O-])c1. The summed E-state index contributed by atoms with van der Waals surface area (Å²) in [4.78, 5) is 31.1. The van der Waals surface area contributed by atoms with E-state index in [1.165, 1.54) is 12.1 Å². The lowest BCUT2D eigenvalue weighted by atomic mass is 10.3. The molecular formula is C8H6ClN3O4. The van der Waals surface area contributed by atoms with Crippen LogP contribution in [0.2, 0.25) is 5.02 Å². The molecule has 1 aromatic carbocycles. The first-order valence-corrected chi connectivity index (χ1v) is 4.34. The third kappa shape index (κ3) is 2.67. The van der Waals surface area contributed by atoms with E-state index in [0.29, 0.717) is 0 Å². The Hall–Kier alpha value is -2.15. The fourth-order valence-electron chi connectivity index (χ4n) is 0.923. The monoisotopic (exact) mass is 243 g/mol. The van der Waals surface area contributed by atoms with Crippen molar-refractivity contribution in [3.63, 3.8) is 0 Å². The molecule has 0 aliphatic heterocycles. The van der Waals surface area contributed by atoms with Gasteiger partial charge in [0.25, 0.3) is 5.69 Å². The lowest BCUT2D eigenvalue weighted by Gasteiger charge is -2.02. The Kier molecular flexibility index (Phi) is 3.41. The highest BCUT2D eigenvalue weighted by Gasteiger charge is 2.15. The fourth-order valence-corrected chi connectivity index (χ4v) is 1.11. The van der Waals surface area contributed by atoms with Crippen molar-refractivity contribution in [1.82, 2.24) is 0 Å². The van der Waals surface area contributed by atoms with Crippen molar-refractivity contribution >= 4 is 34.8 Å². The van der Waals surface area contributed by atoms with Crippen LogP contribution >= 0.6 is 11.6 Å². The van der Waals surface area contributed by atoms with Gasteiger partial charge in [-0.2, -0.15) is 0 Å². The minimum atomic E-state index is -1.18. The van der Waals surface area contributed by atoms with Gasteiger partial charge in [0.1, 0.15) is 5.02 Å². The van der Waals surface area contributed by atoms with Gasteiger partial charge in [-0.1, -0.05) is 11.6 Å². The molecule has 0 bridgehead atoms. The van der Waals surface area contributed by atoms with E-state index in [2.05, 4.69) is 5.32 Å². The average Bonchev–Trinajstić information content (AvgIpc) is 2.20. The topological polar surface area (TPSA) is 115 Å². The smallest absolute Gasteiger partial charge is 0.313 e. The minimum Gasteiger partial charge on any atom is -0.361 e. The summed E-state index contributed by atoms with van der Waals surface area (Å²) in [6.07, 6.45) is 0. The number of nitrogens with one attached hydrogen (secondary N) is 1. The van der Waals surface area contributed by atoms with Crippen molar-refractivity contribution in [2.24, 2.45) is 5.73 Å². The molecule has 0 radical (unpaired) electrons. The van der Waals surface area contributed by atoms with Crippen LogP contribution in [0.4, 0.5) is 11.4 Å². The number of anilines is 1. The van der Waals surface area contributed by atoms with E-state index in [-0.39, 0.29) is 16.4 Å². The first-order chi connectivity index (χ1) is 7.41. The van der Waals surface area contributed by atoms with Crippen LogP contribution in [0, 0.1) is 10.1 Å². The molecule has 0 spiro atoms.